The molecule has 1 aromatic heterocycles. The van der Waals surface area contributed by atoms with Crippen molar-refractivity contribution in [3.63, 3.8) is 0 Å². The van der Waals surface area contributed by atoms with Gasteiger partial charge in [0, 0.05) is 11.6 Å². The maximum atomic E-state index is 3.34. The van der Waals surface area contributed by atoms with Gasteiger partial charge < -0.3 is 4.98 Å². The summed E-state index contributed by atoms with van der Waals surface area (Å²) in [4.78, 5) is 3.34. The topological polar surface area (TPSA) is 15.8 Å². The van der Waals surface area contributed by atoms with Crippen LogP contribution in [-0.2, 0) is 0 Å². The largest absolute Gasteiger partial charge is 0.360 e. The second kappa shape index (κ2) is 4.53. The maximum absolute atomic E-state index is 3.34. The molecule has 0 saturated heterocycles. The van der Waals surface area contributed by atoms with Crippen LogP contribution in [0, 0.1) is 6.92 Å². The summed E-state index contributed by atoms with van der Waals surface area (Å²) in [6, 6.07) is 16.8. The Hall–Kier alpha value is -2.28. The molecule has 3 rings (SSSR count). The lowest BCUT2D eigenvalue weighted by molar-refractivity contribution is 1.42. The third-order valence-corrected chi connectivity index (χ3v) is 3.21. The van der Waals surface area contributed by atoms with Crippen molar-refractivity contribution in [2.75, 3.05) is 0 Å². The number of hydrogen-bond donors (Lipinski definition) is 1. The number of para-hydroxylation sites is 1. The van der Waals surface area contributed by atoms with Crippen molar-refractivity contribution < 1.29 is 0 Å². The van der Waals surface area contributed by atoms with E-state index in [-0.39, 0.29) is 0 Å². The molecule has 0 radical (unpaired) electrons. The van der Waals surface area contributed by atoms with Gasteiger partial charge >= 0.3 is 0 Å². The Morgan fingerprint density at radius 2 is 1.72 bits per heavy atom. The molecule has 2 aromatic carbocycles. The van der Waals surface area contributed by atoms with Crippen LogP contribution in [0.15, 0.2) is 54.7 Å². The SMILES string of the molecule is Cc1c[nH]c2c(/C=C/c3ccccc3)cccc12. The van der Waals surface area contributed by atoms with Gasteiger partial charge in [-0.2, -0.15) is 0 Å². The third-order valence-electron chi connectivity index (χ3n) is 3.21. The number of rotatable bonds is 2. The molecule has 0 aliphatic carbocycles. The van der Waals surface area contributed by atoms with E-state index in [4.69, 9.17) is 0 Å². The van der Waals surface area contributed by atoms with Crippen LogP contribution in [0.5, 0.6) is 0 Å². The number of aromatic amines is 1. The first kappa shape index (κ1) is 10.8. The Labute approximate surface area is 107 Å². The van der Waals surface area contributed by atoms with Crippen LogP contribution < -0.4 is 0 Å². The Kier molecular flexibility index (Phi) is 2.73. The molecule has 88 valence electrons. The first-order valence-corrected chi connectivity index (χ1v) is 6.14. The molecule has 1 nitrogen and oxygen atoms in total. The smallest absolute Gasteiger partial charge is 0.0530 e. The molecule has 0 spiro atoms. The Morgan fingerprint density at radius 1 is 0.889 bits per heavy atom. The second-order valence-electron chi connectivity index (χ2n) is 4.49. The molecule has 0 amide bonds. The highest BCUT2D eigenvalue weighted by atomic mass is 14.7. The summed E-state index contributed by atoms with van der Waals surface area (Å²) in [6.45, 7) is 2.13. The van der Waals surface area contributed by atoms with E-state index in [1.54, 1.807) is 0 Å². The lowest BCUT2D eigenvalue weighted by Gasteiger charge is -1.98. The average molecular weight is 233 g/mol. The molecular formula is C17H15N. The minimum absolute atomic E-state index is 1.21. The van der Waals surface area contributed by atoms with Crippen molar-refractivity contribution in [2.24, 2.45) is 0 Å². The molecule has 1 heterocycles. The highest BCUT2D eigenvalue weighted by Gasteiger charge is 2.01. The van der Waals surface area contributed by atoms with Gasteiger partial charge in [-0.05, 0) is 23.6 Å². The Bertz CT molecular complexity index is 690. The molecule has 18 heavy (non-hydrogen) atoms. The van der Waals surface area contributed by atoms with E-state index in [2.05, 4.69) is 72.7 Å². The third kappa shape index (κ3) is 1.95. The van der Waals surface area contributed by atoms with Gasteiger partial charge in [-0.3, -0.25) is 0 Å². The van der Waals surface area contributed by atoms with Crippen LogP contribution in [0.1, 0.15) is 16.7 Å². The molecule has 0 saturated carbocycles. The fraction of sp³-hybridized carbons (Fsp3) is 0.0588. The number of benzene rings is 2. The van der Waals surface area contributed by atoms with Crippen LogP contribution in [0.4, 0.5) is 0 Å². The van der Waals surface area contributed by atoms with Crippen LogP contribution >= 0.6 is 0 Å². The van der Waals surface area contributed by atoms with Gasteiger partial charge in [0.25, 0.3) is 0 Å². The summed E-state index contributed by atoms with van der Waals surface area (Å²) >= 11 is 0. The summed E-state index contributed by atoms with van der Waals surface area (Å²) < 4.78 is 0. The van der Waals surface area contributed by atoms with Gasteiger partial charge in [0.15, 0.2) is 0 Å². The average Bonchev–Trinajstić information content (AvgIpc) is 2.80. The zero-order valence-corrected chi connectivity index (χ0v) is 10.4. The van der Waals surface area contributed by atoms with Gasteiger partial charge in [-0.1, -0.05) is 60.7 Å². The van der Waals surface area contributed by atoms with E-state index < -0.39 is 0 Å². The number of aryl methyl sites for hydroxylation is 1. The molecule has 1 N–H and O–H groups in total. The van der Waals surface area contributed by atoms with Crippen LogP contribution in [-0.4, -0.2) is 4.98 Å². The first-order chi connectivity index (χ1) is 8.84. The summed E-state index contributed by atoms with van der Waals surface area (Å²) in [7, 11) is 0. The van der Waals surface area contributed by atoms with Crippen molar-refractivity contribution in [1.82, 2.24) is 4.98 Å². The molecule has 0 aliphatic heterocycles. The molecular weight excluding hydrogens is 218 g/mol. The predicted octanol–water partition coefficient (Wildman–Crippen LogP) is 4.65. The summed E-state index contributed by atoms with van der Waals surface area (Å²) in [5.74, 6) is 0. The van der Waals surface area contributed by atoms with Crippen LogP contribution in [0.2, 0.25) is 0 Å². The van der Waals surface area contributed by atoms with E-state index in [0.29, 0.717) is 0 Å². The van der Waals surface area contributed by atoms with Gasteiger partial charge in [-0.15, -0.1) is 0 Å². The second-order valence-corrected chi connectivity index (χ2v) is 4.49. The molecule has 0 atom stereocenters. The summed E-state index contributed by atoms with van der Waals surface area (Å²) in [5, 5.41) is 1.30. The van der Waals surface area contributed by atoms with Crippen LogP contribution in [0.25, 0.3) is 23.1 Å². The standard InChI is InChI=1S/C17H15N/c1-13-12-18-17-15(8-5-9-16(13)17)11-10-14-6-3-2-4-7-14/h2-12,18H,1H3/b11-10+. The van der Waals surface area contributed by atoms with Gasteiger partial charge in [0.05, 0.1) is 5.52 Å². The minimum atomic E-state index is 1.21. The van der Waals surface area contributed by atoms with E-state index in [1.165, 1.54) is 27.6 Å². The quantitative estimate of drug-likeness (QED) is 0.620. The number of aromatic nitrogens is 1. The fourth-order valence-electron chi connectivity index (χ4n) is 2.21. The zero-order chi connectivity index (χ0) is 12.4. The van der Waals surface area contributed by atoms with Crippen molar-refractivity contribution in [3.8, 4) is 0 Å². The zero-order valence-electron chi connectivity index (χ0n) is 10.4. The van der Waals surface area contributed by atoms with E-state index >= 15 is 0 Å². The summed E-state index contributed by atoms with van der Waals surface area (Å²) in [5.41, 5.74) is 4.95. The number of nitrogens with one attached hydrogen (secondary N) is 1. The van der Waals surface area contributed by atoms with Crippen molar-refractivity contribution in [2.45, 2.75) is 6.92 Å². The van der Waals surface area contributed by atoms with Crippen molar-refractivity contribution in [1.29, 1.82) is 0 Å². The molecule has 0 bridgehead atoms. The predicted molar refractivity (Wildman–Crippen MR) is 78.4 cm³/mol. The lowest BCUT2D eigenvalue weighted by Crippen LogP contribution is -1.76. The molecule has 0 fully saturated rings. The number of fused-ring (bicyclic) bond motifs is 1. The number of H-pyrrole nitrogens is 1. The van der Waals surface area contributed by atoms with Crippen molar-refractivity contribution in [3.05, 3.63) is 71.4 Å². The van der Waals surface area contributed by atoms with E-state index in [1.807, 2.05) is 6.07 Å². The Morgan fingerprint density at radius 3 is 2.56 bits per heavy atom. The fourth-order valence-corrected chi connectivity index (χ4v) is 2.21. The lowest BCUT2D eigenvalue weighted by atomic mass is 10.1. The van der Waals surface area contributed by atoms with Crippen LogP contribution in [0.3, 0.4) is 0 Å². The normalized spacial score (nSPS) is 11.4. The van der Waals surface area contributed by atoms with Gasteiger partial charge in [-0.25, -0.2) is 0 Å². The van der Waals surface area contributed by atoms with E-state index in [9.17, 15) is 0 Å². The highest BCUT2D eigenvalue weighted by Crippen LogP contribution is 2.22. The Balaban J connectivity index is 2.03. The minimum Gasteiger partial charge on any atom is -0.360 e. The van der Waals surface area contributed by atoms with Gasteiger partial charge in [0.2, 0.25) is 0 Å². The molecule has 3 aromatic rings. The molecule has 0 unspecified atom stereocenters. The summed E-state index contributed by atoms with van der Waals surface area (Å²) in [6.07, 6.45) is 6.36. The van der Waals surface area contributed by atoms with Gasteiger partial charge in [0.1, 0.15) is 0 Å². The number of hydrogen-bond acceptors (Lipinski definition) is 0. The molecule has 1 heteroatoms. The maximum Gasteiger partial charge on any atom is 0.0530 e. The first-order valence-electron chi connectivity index (χ1n) is 6.14. The monoisotopic (exact) mass is 233 g/mol. The van der Waals surface area contributed by atoms with Crippen molar-refractivity contribution >= 4 is 23.1 Å². The molecule has 0 aliphatic rings. The van der Waals surface area contributed by atoms with E-state index in [0.717, 1.165) is 0 Å². The highest BCUT2D eigenvalue weighted by molar-refractivity contribution is 5.92.